The predicted molar refractivity (Wildman–Crippen MR) is 92.8 cm³/mol. The first-order valence-electron chi connectivity index (χ1n) is 6.89. The second kappa shape index (κ2) is 7.78. The maximum absolute atomic E-state index is 12.9. The summed E-state index contributed by atoms with van der Waals surface area (Å²) in [5.74, 6) is -1.71. The van der Waals surface area contributed by atoms with Crippen molar-refractivity contribution >= 4 is 44.6 Å². The number of thiophene rings is 1. The molecule has 0 spiro atoms. The van der Waals surface area contributed by atoms with E-state index in [4.69, 9.17) is 11.6 Å². The van der Waals surface area contributed by atoms with E-state index in [1.54, 1.807) is 17.5 Å². The molecule has 2 N–H and O–H groups in total. The third-order valence-electron chi connectivity index (χ3n) is 3.26. The summed E-state index contributed by atoms with van der Waals surface area (Å²) in [7, 11) is -2.44. The van der Waals surface area contributed by atoms with Crippen LogP contribution in [-0.2, 0) is 19.4 Å². The largest absolute Gasteiger partial charge is 0.351 e. The molecular formula is C15H15ClN2O4S2. The molecule has 1 aromatic heterocycles. The SMILES string of the molecule is CNC(=O)C(=O)NCC(c1cccs1)S(=O)(=O)c1ccc(Cl)cc1. The molecule has 24 heavy (non-hydrogen) atoms. The average Bonchev–Trinajstić information content (AvgIpc) is 3.08. The lowest BCUT2D eigenvalue weighted by Gasteiger charge is -2.17. The first-order valence-corrected chi connectivity index (χ1v) is 9.69. The number of nitrogens with one attached hydrogen (secondary N) is 2. The fourth-order valence-corrected chi connectivity index (χ4v) is 4.92. The number of hydrogen-bond donors (Lipinski definition) is 2. The number of halogens is 1. The Bertz CT molecular complexity index is 818. The van der Waals surface area contributed by atoms with Crippen LogP contribution < -0.4 is 10.6 Å². The van der Waals surface area contributed by atoms with Gasteiger partial charge in [0.25, 0.3) is 0 Å². The van der Waals surface area contributed by atoms with E-state index in [-0.39, 0.29) is 11.4 Å². The average molecular weight is 387 g/mol. The summed E-state index contributed by atoms with van der Waals surface area (Å²) >= 11 is 7.06. The summed E-state index contributed by atoms with van der Waals surface area (Å²) in [6.07, 6.45) is 0. The number of likely N-dealkylation sites (N-methyl/N-ethyl adjacent to an activating group) is 1. The Kier molecular flexibility index (Phi) is 5.98. The molecule has 9 heteroatoms. The van der Waals surface area contributed by atoms with E-state index >= 15 is 0 Å². The van der Waals surface area contributed by atoms with E-state index in [2.05, 4.69) is 10.6 Å². The summed E-state index contributed by atoms with van der Waals surface area (Å²) in [4.78, 5) is 23.6. The van der Waals surface area contributed by atoms with Crippen LogP contribution in [0, 0.1) is 0 Å². The van der Waals surface area contributed by atoms with Crippen LogP contribution in [0.2, 0.25) is 5.02 Å². The first-order chi connectivity index (χ1) is 11.4. The number of sulfone groups is 1. The molecule has 2 rings (SSSR count). The molecule has 0 aliphatic rings. The van der Waals surface area contributed by atoms with Gasteiger partial charge in [-0.2, -0.15) is 0 Å². The number of benzene rings is 1. The van der Waals surface area contributed by atoms with Gasteiger partial charge in [0.2, 0.25) is 0 Å². The molecule has 1 unspecified atom stereocenters. The fourth-order valence-electron chi connectivity index (χ4n) is 2.01. The molecule has 2 aromatic rings. The van der Waals surface area contributed by atoms with E-state index in [9.17, 15) is 18.0 Å². The van der Waals surface area contributed by atoms with E-state index in [0.717, 1.165) is 0 Å². The smallest absolute Gasteiger partial charge is 0.309 e. The van der Waals surface area contributed by atoms with Crippen molar-refractivity contribution in [3.8, 4) is 0 Å². The van der Waals surface area contributed by atoms with E-state index < -0.39 is 26.9 Å². The van der Waals surface area contributed by atoms with Crippen molar-refractivity contribution < 1.29 is 18.0 Å². The zero-order valence-electron chi connectivity index (χ0n) is 12.7. The molecule has 1 aromatic carbocycles. The number of carbonyl (C=O) groups excluding carboxylic acids is 2. The molecule has 0 saturated carbocycles. The third-order valence-corrected chi connectivity index (χ3v) is 6.74. The van der Waals surface area contributed by atoms with Gasteiger partial charge in [0.15, 0.2) is 9.84 Å². The fraction of sp³-hybridized carbons (Fsp3) is 0.200. The minimum atomic E-state index is -3.76. The monoisotopic (exact) mass is 386 g/mol. The van der Waals surface area contributed by atoms with Crippen LogP contribution in [0.4, 0.5) is 0 Å². The Balaban J connectivity index is 2.31. The van der Waals surface area contributed by atoms with Crippen LogP contribution in [0.5, 0.6) is 0 Å². The summed E-state index contributed by atoms with van der Waals surface area (Å²) in [6.45, 7) is -0.211. The Morgan fingerprint density at radius 1 is 1.17 bits per heavy atom. The van der Waals surface area contributed by atoms with Gasteiger partial charge in [0, 0.05) is 23.5 Å². The van der Waals surface area contributed by atoms with Crippen LogP contribution in [0.3, 0.4) is 0 Å². The zero-order valence-corrected chi connectivity index (χ0v) is 15.0. The highest BCUT2D eigenvalue weighted by atomic mass is 35.5. The van der Waals surface area contributed by atoms with Crippen LogP contribution >= 0.6 is 22.9 Å². The highest BCUT2D eigenvalue weighted by Crippen LogP contribution is 2.31. The van der Waals surface area contributed by atoms with Gasteiger partial charge < -0.3 is 10.6 Å². The highest BCUT2D eigenvalue weighted by Gasteiger charge is 2.31. The van der Waals surface area contributed by atoms with Gasteiger partial charge in [-0.15, -0.1) is 11.3 Å². The summed E-state index contributed by atoms with van der Waals surface area (Å²) in [6, 6.07) is 9.21. The second-order valence-corrected chi connectivity index (χ2v) is 8.34. The van der Waals surface area contributed by atoms with Crippen LogP contribution in [-0.4, -0.2) is 33.8 Å². The number of amides is 2. The Labute approximate surface area is 148 Å². The number of hydrogen-bond acceptors (Lipinski definition) is 5. The van der Waals surface area contributed by atoms with Gasteiger partial charge in [-0.25, -0.2) is 8.42 Å². The van der Waals surface area contributed by atoms with Crippen LogP contribution in [0.15, 0.2) is 46.7 Å². The van der Waals surface area contributed by atoms with Gasteiger partial charge in [0.1, 0.15) is 5.25 Å². The van der Waals surface area contributed by atoms with Crippen LogP contribution in [0.1, 0.15) is 10.1 Å². The molecule has 1 atom stereocenters. The standard InChI is InChI=1S/C15H15ClN2O4S2/c1-17-14(19)15(20)18-9-13(12-3-2-8-23-12)24(21,22)11-6-4-10(16)5-7-11/h2-8,13H,9H2,1H3,(H,17,19)(H,18,20). The molecule has 1 heterocycles. The maximum atomic E-state index is 12.9. The number of carbonyl (C=O) groups is 2. The van der Waals surface area contributed by atoms with E-state index in [1.807, 2.05) is 0 Å². The van der Waals surface area contributed by atoms with Gasteiger partial charge in [-0.3, -0.25) is 9.59 Å². The van der Waals surface area contributed by atoms with Crippen molar-refractivity contribution in [2.75, 3.05) is 13.6 Å². The van der Waals surface area contributed by atoms with Gasteiger partial charge in [-0.1, -0.05) is 17.7 Å². The van der Waals surface area contributed by atoms with Crippen molar-refractivity contribution in [2.45, 2.75) is 10.1 Å². The van der Waals surface area contributed by atoms with Crippen molar-refractivity contribution in [1.29, 1.82) is 0 Å². The molecule has 0 bridgehead atoms. The lowest BCUT2D eigenvalue weighted by Crippen LogP contribution is -2.40. The minimum absolute atomic E-state index is 0.0968. The van der Waals surface area contributed by atoms with Gasteiger partial charge in [0.05, 0.1) is 4.90 Å². The van der Waals surface area contributed by atoms with Crippen molar-refractivity contribution in [3.63, 3.8) is 0 Å². The summed E-state index contributed by atoms with van der Waals surface area (Å²) in [5.41, 5.74) is 0. The Morgan fingerprint density at radius 3 is 2.38 bits per heavy atom. The molecule has 128 valence electrons. The predicted octanol–water partition coefficient (Wildman–Crippen LogP) is 1.78. The lowest BCUT2D eigenvalue weighted by molar-refractivity contribution is -0.138. The summed E-state index contributed by atoms with van der Waals surface area (Å²) in [5, 5.41) is 5.73. The topological polar surface area (TPSA) is 92.3 Å². The lowest BCUT2D eigenvalue weighted by atomic mass is 10.3. The van der Waals surface area contributed by atoms with Gasteiger partial charge >= 0.3 is 11.8 Å². The van der Waals surface area contributed by atoms with Crippen molar-refractivity contribution in [2.24, 2.45) is 0 Å². The molecule has 0 aliphatic heterocycles. The quantitative estimate of drug-likeness (QED) is 0.766. The second-order valence-electron chi connectivity index (χ2n) is 4.79. The molecule has 0 saturated heterocycles. The van der Waals surface area contributed by atoms with E-state index in [0.29, 0.717) is 9.90 Å². The molecule has 0 radical (unpaired) electrons. The van der Waals surface area contributed by atoms with E-state index in [1.165, 1.54) is 42.6 Å². The maximum Gasteiger partial charge on any atom is 0.309 e. The normalized spacial score (nSPS) is 12.4. The van der Waals surface area contributed by atoms with Crippen molar-refractivity contribution in [3.05, 3.63) is 51.7 Å². The third kappa shape index (κ3) is 4.14. The highest BCUT2D eigenvalue weighted by molar-refractivity contribution is 7.91. The summed E-state index contributed by atoms with van der Waals surface area (Å²) < 4.78 is 25.8. The first kappa shape index (κ1) is 18.4. The van der Waals surface area contributed by atoms with Crippen molar-refractivity contribution in [1.82, 2.24) is 10.6 Å². The molecule has 0 fully saturated rings. The Morgan fingerprint density at radius 2 is 1.83 bits per heavy atom. The number of rotatable bonds is 5. The zero-order chi connectivity index (χ0) is 17.7. The molecular weight excluding hydrogens is 372 g/mol. The van der Waals surface area contributed by atoms with Gasteiger partial charge in [-0.05, 0) is 35.7 Å². The Hall–Kier alpha value is -1.90. The molecule has 6 nitrogen and oxygen atoms in total. The minimum Gasteiger partial charge on any atom is -0.351 e. The molecule has 2 amide bonds. The van der Waals surface area contributed by atoms with Crippen LogP contribution in [0.25, 0.3) is 0 Å². The molecule has 0 aliphatic carbocycles.